The van der Waals surface area contributed by atoms with Gasteiger partial charge in [-0.1, -0.05) is 224 Å². The zero-order chi connectivity index (χ0) is 40.3. The third-order valence-electron chi connectivity index (χ3n) is 11.1. The van der Waals surface area contributed by atoms with Crippen LogP contribution >= 0.6 is 0 Å². The highest BCUT2D eigenvalue weighted by Gasteiger charge is 2.18. The van der Waals surface area contributed by atoms with E-state index in [0.717, 1.165) is 5.52 Å². The van der Waals surface area contributed by atoms with Crippen molar-refractivity contribution in [2.45, 2.75) is 52.4 Å². The lowest BCUT2D eigenvalue weighted by Crippen LogP contribution is -2.10. The van der Waals surface area contributed by atoms with Gasteiger partial charge in [0.25, 0.3) is 0 Å². The molecule has 9 rings (SSSR count). The molecule has 0 saturated carbocycles. The first-order chi connectivity index (χ1) is 28.0. The Hall–Kier alpha value is -6.57. The third-order valence-corrected chi connectivity index (χ3v) is 11.1. The van der Waals surface area contributed by atoms with Crippen LogP contribution in [0.15, 0.2) is 200 Å². The number of hydrogen-bond acceptors (Lipinski definition) is 1. The van der Waals surface area contributed by atoms with Gasteiger partial charge in [-0.25, -0.2) is 0 Å². The molecule has 8 aromatic carbocycles. The molecule has 0 amide bonds. The van der Waals surface area contributed by atoms with E-state index in [1.807, 2.05) is 12.3 Å². The molecule has 1 heterocycles. The van der Waals surface area contributed by atoms with E-state index >= 15 is 0 Å². The Morgan fingerprint density at radius 2 is 0.776 bits per heavy atom. The molecule has 0 bridgehead atoms. The molecule has 0 aliphatic rings. The van der Waals surface area contributed by atoms with Crippen LogP contribution in [0.1, 0.15) is 52.7 Å². The summed E-state index contributed by atoms with van der Waals surface area (Å²) in [6.07, 6.45) is 1.88. The zero-order valence-corrected chi connectivity index (χ0v) is 34.5. The fourth-order valence-corrected chi connectivity index (χ4v) is 7.91. The molecule has 0 saturated heterocycles. The van der Waals surface area contributed by atoms with Crippen molar-refractivity contribution in [3.8, 4) is 55.6 Å². The van der Waals surface area contributed by atoms with Crippen molar-refractivity contribution < 1.29 is 0 Å². The van der Waals surface area contributed by atoms with Crippen molar-refractivity contribution in [3.05, 3.63) is 211 Å². The van der Waals surface area contributed by atoms with Crippen LogP contribution in [0.3, 0.4) is 0 Å². The Balaban J connectivity index is 0.000000172. The lowest BCUT2D eigenvalue weighted by atomic mass is 9.84. The molecule has 284 valence electrons. The Morgan fingerprint density at radius 3 is 1.40 bits per heavy atom. The van der Waals surface area contributed by atoms with E-state index in [2.05, 4.69) is 235 Å². The van der Waals surface area contributed by atoms with Gasteiger partial charge in [-0.05, 0) is 95.1 Å². The molecule has 0 radical (unpaired) electrons. The normalized spacial score (nSPS) is 11.6. The van der Waals surface area contributed by atoms with Crippen molar-refractivity contribution in [2.24, 2.45) is 0 Å². The van der Waals surface area contributed by atoms with E-state index < -0.39 is 0 Å². The SMILES string of the molecule is CC(C)(C)c1cccc(-c2cccc(-c3c(-c4ccccc4)cccc3-c3ccccc3)c2)c1.CC(C)(C)c1cccc(-c2cccc3ccc4cccnc4c23)c1. The standard InChI is InChI=1S/C34H30.C23H21N/c1-34(2,3)30-20-11-18-28(24-30)27-17-10-19-29(23-27)33-31(25-13-6-4-7-14-25)21-12-22-32(33)26-15-8-5-9-16-26;1-23(2,3)19-10-4-8-18(15-19)20-11-5-7-16-12-13-17-9-6-14-24-22(17)21(16)20/h4-24H,1-3H3;4-15H,1-3H3. The highest BCUT2D eigenvalue weighted by molar-refractivity contribution is 6.12. The van der Waals surface area contributed by atoms with Gasteiger partial charge in [-0.3, -0.25) is 4.98 Å². The summed E-state index contributed by atoms with van der Waals surface area (Å²) in [5.74, 6) is 0. The van der Waals surface area contributed by atoms with E-state index in [1.54, 1.807) is 0 Å². The van der Waals surface area contributed by atoms with Gasteiger partial charge < -0.3 is 0 Å². The molecular formula is C57H51N. The number of nitrogens with zero attached hydrogens (tertiary/aromatic N) is 1. The van der Waals surface area contributed by atoms with E-state index in [4.69, 9.17) is 0 Å². The molecule has 0 atom stereocenters. The molecule has 0 aliphatic heterocycles. The monoisotopic (exact) mass is 749 g/mol. The van der Waals surface area contributed by atoms with Crippen LogP contribution in [-0.4, -0.2) is 4.98 Å². The van der Waals surface area contributed by atoms with Gasteiger partial charge in [-0.15, -0.1) is 0 Å². The second kappa shape index (κ2) is 16.1. The summed E-state index contributed by atoms with van der Waals surface area (Å²) in [6.45, 7) is 13.6. The van der Waals surface area contributed by atoms with Crippen LogP contribution < -0.4 is 0 Å². The van der Waals surface area contributed by atoms with Gasteiger partial charge in [0, 0.05) is 17.0 Å². The number of pyridine rings is 1. The third kappa shape index (κ3) is 8.13. The Bertz CT molecular complexity index is 2780. The summed E-state index contributed by atoms with van der Waals surface area (Å²) in [4.78, 5) is 4.67. The van der Waals surface area contributed by atoms with Gasteiger partial charge in [0.05, 0.1) is 5.52 Å². The number of rotatable bonds is 5. The molecule has 1 aromatic heterocycles. The highest BCUT2D eigenvalue weighted by atomic mass is 14.6. The fraction of sp³-hybridized carbons (Fsp3) is 0.140. The predicted octanol–water partition coefficient (Wildman–Crippen LogP) is 16.0. The summed E-state index contributed by atoms with van der Waals surface area (Å²) < 4.78 is 0. The minimum absolute atomic E-state index is 0.119. The summed E-state index contributed by atoms with van der Waals surface area (Å²) in [7, 11) is 0. The molecule has 0 N–H and O–H groups in total. The first kappa shape index (κ1) is 38.3. The number of benzene rings is 8. The average molecular weight is 750 g/mol. The maximum Gasteiger partial charge on any atom is 0.0786 e. The predicted molar refractivity (Wildman–Crippen MR) is 250 cm³/mol. The van der Waals surface area contributed by atoms with E-state index in [-0.39, 0.29) is 10.8 Å². The molecule has 0 fully saturated rings. The lowest BCUT2D eigenvalue weighted by molar-refractivity contribution is 0.590. The van der Waals surface area contributed by atoms with Gasteiger partial charge in [0.2, 0.25) is 0 Å². The van der Waals surface area contributed by atoms with E-state index in [9.17, 15) is 0 Å². The Kier molecular flexibility index (Phi) is 10.6. The maximum atomic E-state index is 4.67. The second-order valence-electron chi connectivity index (χ2n) is 17.2. The summed E-state index contributed by atoms with van der Waals surface area (Å²) in [5, 5.41) is 3.66. The summed E-state index contributed by atoms with van der Waals surface area (Å²) >= 11 is 0. The maximum absolute atomic E-state index is 4.67. The van der Waals surface area contributed by atoms with Gasteiger partial charge in [0.1, 0.15) is 0 Å². The quantitative estimate of drug-likeness (QED) is 0.160. The van der Waals surface area contributed by atoms with Crippen LogP contribution in [0.2, 0.25) is 0 Å². The molecule has 0 unspecified atom stereocenters. The molecule has 9 aromatic rings. The molecule has 1 heteroatoms. The first-order valence-corrected chi connectivity index (χ1v) is 20.4. The van der Waals surface area contributed by atoms with Crippen molar-refractivity contribution in [3.63, 3.8) is 0 Å². The molecule has 0 aliphatic carbocycles. The number of fused-ring (bicyclic) bond motifs is 3. The second-order valence-corrected chi connectivity index (χ2v) is 17.2. The number of hydrogen-bond donors (Lipinski definition) is 0. The fourth-order valence-electron chi connectivity index (χ4n) is 7.91. The zero-order valence-electron chi connectivity index (χ0n) is 34.5. The van der Waals surface area contributed by atoms with Crippen LogP contribution in [0.4, 0.5) is 0 Å². The van der Waals surface area contributed by atoms with Gasteiger partial charge >= 0.3 is 0 Å². The largest absolute Gasteiger partial charge is 0.256 e. The molecular weight excluding hydrogens is 699 g/mol. The van der Waals surface area contributed by atoms with Crippen molar-refractivity contribution in [2.75, 3.05) is 0 Å². The van der Waals surface area contributed by atoms with Crippen LogP contribution in [0, 0.1) is 0 Å². The van der Waals surface area contributed by atoms with Crippen molar-refractivity contribution >= 4 is 21.7 Å². The summed E-state index contributed by atoms with van der Waals surface area (Å²) in [6, 6.07) is 69.9. The van der Waals surface area contributed by atoms with Crippen molar-refractivity contribution in [1.82, 2.24) is 4.98 Å². The number of aromatic nitrogens is 1. The minimum Gasteiger partial charge on any atom is -0.256 e. The topological polar surface area (TPSA) is 12.9 Å². The Labute approximate surface area is 344 Å². The minimum atomic E-state index is 0.119. The van der Waals surface area contributed by atoms with Crippen LogP contribution in [0.25, 0.3) is 77.3 Å². The molecule has 1 nitrogen and oxygen atoms in total. The van der Waals surface area contributed by atoms with Crippen molar-refractivity contribution in [1.29, 1.82) is 0 Å². The summed E-state index contributed by atoms with van der Waals surface area (Å²) in [5.41, 5.74) is 16.5. The highest BCUT2D eigenvalue weighted by Crippen LogP contribution is 2.42. The lowest BCUT2D eigenvalue weighted by Gasteiger charge is -2.20. The first-order valence-electron chi connectivity index (χ1n) is 20.4. The van der Waals surface area contributed by atoms with Crippen LogP contribution in [0.5, 0.6) is 0 Å². The Morgan fingerprint density at radius 1 is 0.328 bits per heavy atom. The van der Waals surface area contributed by atoms with Crippen LogP contribution in [-0.2, 0) is 10.8 Å². The van der Waals surface area contributed by atoms with Gasteiger partial charge in [0.15, 0.2) is 0 Å². The molecule has 58 heavy (non-hydrogen) atoms. The van der Waals surface area contributed by atoms with E-state index in [1.165, 1.54) is 82.9 Å². The van der Waals surface area contributed by atoms with Gasteiger partial charge in [-0.2, -0.15) is 0 Å². The molecule has 0 spiro atoms. The van der Waals surface area contributed by atoms with E-state index in [0.29, 0.717) is 0 Å². The smallest absolute Gasteiger partial charge is 0.0786 e. The average Bonchev–Trinajstić information content (AvgIpc) is 3.26.